The van der Waals surface area contributed by atoms with E-state index in [4.69, 9.17) is 0 Å². The molecule has 1 heterocycles. The van der Waals surface area contributed by atoms with Crippen LogP contribution in [0.5, 0.6) is 0 Å². The van der Waals surface area contributed by atoms with Gasteiger partial charge < -0.3 is 4.99 Å². The number of carbonyl (C=O) groups excluding carboxylic acids is 1. The van der Waals surface area contributed by atoms with Crippen LogP contribution in [-0.2, 0) is 0 Å². The maximum atomic E-state index is 11.9. The Morgan fingerprint density at radius 3 is 2.80 bits per heavy atom. The number of aliphatic imine (C=N–C) groups is 1. The van der Waals surface area contributed by atoms with Crippen LogP contribution < -0.4 is 5.43 Å². The van der Waals surface area contributed by atoms with Crippen molar-refractivity contribution < 1.29 is 4.79 Å². The number of rotatable bonds is 4. The van der Waals surface area contributed by atoms with Crippen LogP contribution in [0.1, 0.15) is 22.5 Å². The van der Waals surface area contributed by atoms with Gasteiger partial charge in [0.2, 0.25) is 5.43 Å². The van der Waals surface area contributed by atoms with E-state index in [9.17, 15) is 9.59 Å². The Morgan fingerprint density at radius 1 is 1.35 bits per heavy atom. The normalized spacial score (nSPS) is 10.9. The minimum absolute atomic E-state index is 0.0596. The third kappa shape index (κ3) is 2.88. The van der Waals surface area contributed by atoms with Crippen molar-refractivity contribution in [1.29, 1.82) is 0 Å². The van der Waals surface area contributed by atoms with Gasteiger partial charge in [0.1, 0.15) is 0 Å². The summed E-state index contributed by atoms with van der Waals surface area (Å²) in [5.74, 6) is -0.330. The van der Waals surface area contributed by atoms with E-state index in [1.54, 1.807) is 17.9 Å². The zero-order chi connectivity index (χ0) is 14.5. The van der Waals surface area contributed by atoms with E-state index < -0.39 is 0 Å². The number of para-hydroxylation sites is 1. The van der Waals surface area contributed by atoms with E-state index in [2.05, 4.69) is 10.1 Å². The summed E-state index contributed by atoms with van der Waals surface area (Å²) < 4.78 is 1.55. The first kappa shape index (κ1) is 13.9. The molecular weight excluding hydrogens is 254 g/mol. The molecule has 0 aliphatic carbocycles. The fraction of sp³-hybridized carbons (Fsp3) is 0.200. The van der Waals surface area contributed by atoms with E-state index in [0.717, 1.165) is 11.3 Å². The highest BCUT2D eigenvalue weighted by molar-refractivity contribution is 6.02. The first-order valence-electron chi connectivity index (χ1n) is 6.23. The Hall–Kier alpha value is -2.56. The van der Waals surface area contributed by atoms with Crippen molar-refractivity contribution in [3.63, 3.8) is 0 Å². The molecule has 0 amide bonds. The molecule has 5 heteroatoms. The Balaban J connectivity index is 2.46. The van der Waals surface area contributed by atoms with Crippen LogP contribution in [0, 0.1) is 6.92 Å². The molecule has 0 spiro atoms. The van der Waals surface area contributed by atoms with Gasteiger partial charge in [-0.2, -0.15) is 5.10 Å². The SMILES string of the molecule is CN=CCC(=O)c1nn(-c2ccccc2C)ccc1=O. The van der Waals surface area contributed by atoms with Crippen LogP contribution in [0.2, 0.25) is 0 Å². The maximum Gasteiger partial charge on any atom is 0.211 e. The number of Topliss-reactive ketones (excluding diaryl/α,β-unsaturated/α-hetero) is 1. The van der Waals surface area contributed by atoms with Crippen molar-refractivity contribution >= 4 is 12.0 Å². The van der Waals surface area contributed by atoms with Crippen molar-refractivity contribution in [3.8, 4) is 5.69 Å². The lowest BCUT2D eigenvalue weighted by molar-refractivity contribution is 0.0994. The number of carbonyl (C=O) groups is 1. The van der Waals surface area contributed by atoms with Crippen molar-refractivity contribution in [3.05, 3.63) is 58.0 Å². The van der Waals surface area contributed by atoms with Crippen LogP contribution in [0.25, 0.3) is 5.69 Å². The summed E-state index contributed by atoms with van der Waals surface area (Å²) in [7, 11) is 1.58. The maximum absolute atomic E-state index is 11.9. The van der Waals surface area contributed by atoms with E-state index >= 15 is 0 Å². The van der Waals surface area contributed by atoms with Gasteiger partial charge in [0, 0.05) is 31.9 Å². The topological polar surface area (TPSA) is 64.3 Å². The molecule has 1 aromatic carbocycles. The fourth-order valence-corrected chi connectivity index (χ4v) is 1.83. The van der Waals surface area contributed by atoms with E-state index in [-0.39, 0.29) is 23.3 Å². The minimum atomic E-state index is -0.371. The van der Waals surface area contributed by atoms with Crippen LogP contribution in [-0.4, -0.2) is 28.8 Å². The average molecular weight is 269 g/mol. The Bertz CT molecular complexity index is 717. The molecule has 0 bridgehead atoms. The minimum Gasteiger partial charge on any atom is -0.300 e. The summed E-state index contributed by atoms with van der Waals surface area (Å²) in [5.41, 5.74) is 1.42. The number of aromatic nitrogens is 2. The van der Waals surface area contributed by atoms with Gasteiger partial charge in [-0.1, -0.05) is 18.2 Å². The Kier molecular flexibility index (Phi) is 4.20. The number of benzene rings is 1. The van der Waals surface area contributed by atoms with Crippen LogP contribution in [0.15, 0.2) is 46.3 Å². The number of ketones is 1. The number of nitrogens with zero attached hydrogens (tertiary/aromatic N) is 3. The highest BCUT2D eigenvalue weighted by Gasteiger charge is 2.12. The van der Waals surface area contributed by atoms with Gasteiger partial charge in [0.15, 0.2) is 11.5 Å². The first-order chi connectivity index (χ1) is 9.63. The molecule has 1 aromatic heterocycles. The average Bonchev–Trinajstić information content (AvgIpc) is 2.46. The summed E-state index contributed by atoms with van der Waals surface area (Å²) in [6.45, 7) is 1.94. The highest BCUT2D eigenvalue weighted by atomic mass is 16.1. The number of aryl methyl sites for hydroxylation is 1. The second-order valence-electron chi connectivity index (χ2n) is 4.33. The third-order valence-electron chi connectivity index (χ3n) is 2.89. The van der Waals surface area contributed by atoms with Crippen molar-refractivity contribution in [2.24, 2.45) is 4.99 Å². The van der Waals surface area contributed by atoms with E-state index in [1.165, 1.54) is 12.3 Å². The first-order valence-corrected chi connectivity index (χ1v) is 6.23. The van der Waals surface area contributed by atoms with Crippen LogP contribution in [0.3, 0.4) is 0 Å². The molecule has 0 saturated heterocycles. The second kappa shape index (κ2) is 6.06. The summed E-state index contributed by atoms with van der Waals surface area (Å²) >= 11 is 0. The van der Waals surface area contributed by atoms with Gasteiger partial charge in [-0.3, -0.25) is 9.59 Å². The quantitative estimate of drug-likeness (QED) is 0.628. The third-order valence-corrected chi connectivity index (χ3v) is 2.89. The van der Waals surface area contributed by atoms with Gasteiger partial charge in [0.05, 0.1) is 5.69 Å². The smallest absolute Gasteiger partial charge is 0.211 e. The van der Waals surface area contributed by atoms with Crippen LogP contribution >= 0.6 is 0 Å². The molecule has 0 fully saturated rings. The Morgan fingerprint density at radius 2 is 2.10 bits per heavy atom. The molecule has 0 radical (unpaired) electrons. The van der Waals surface area contributed by atoms with E-state index in [1.807, 2.05) is 31.2 Å². The standard InChI is InChI=1S/C15H15N3O2/c1-11-5-3-4-6-12(11)18-10-8-14(20)15(17-18)13(19)7-9-16-2/h3-6,8-10H,7H2,1-2H3. The molecule has 5 nitrogen and oxygen atoms in total. The van der Waals surface area contributed by atoms with Crippen molar-refractivity contribution in [2.45, 2.75) is 13.3 Å². The lowest BCUT2D eigenvalue weighted by Crippen LogP contribution is -2.21. The predicted octanol–water partition coefficient (Wildman–Crippen LogP) is 1.81. The molecule has 0 aliphatic rings. The van der Waals surface area contributed by atoms with Gasteiger partial charge >= 0.3 is 0 Å². The largest absolute Gasteiger partial charge is 0.300 e. The number of hydrogen-bond acceptors (Lipinski definition) is 4. The van der Waals surface area contributed by atoms with Gasteiger partial charge in [-0.05, 0) is 18.6 Å². The monoisotopic (exact) mass is 269 g/mol. The lowest BCUT2D eigenvalue weighted by atomic mass is 10.2. The van der Waals surface area contributed by atoms with Gasteiger partial charge in [-0.25, -0.2) is 4.68 Å². The molecule has 0 atom stereocenters. The molecule has 2 aromatic rings. The molecule has 102 valence electrons. The molecule has 20 heavy (non-hydrogen) atoms. The molecule has 2 rings (SSSR count). The highest BCUT2D eigenvalue weighted by Crippen LogP contribution is 2.11. The molecule has 0 aliphatic heterocycles. The second-order valence-corrected chi connectivity index (χ2v) is 4.33. The van der Waals surface area contributed by atoms with Crippen LogP contribution in [0.4, 0.5) is 0 Å². The van der Waals surface area contributed by atoms with Gasteiger partial charge in [-0.15, -0.1) is 0 Å². The zero-order valence-electron chi connectivity index (χ0n) is 11.4. The summed E-state index contributed by atoms with van der Waals surface area (Å²) in [5, 5.41) is 4.15. The van der Waals surface area contributed by atoms with Crippen molar-refractivity contribution in [1.82, 2.24) is 9.78 Å². The van der Waals surface area contributed by atoms with Gasteiger partial charge in [0.25, 0.3) is 0 Å². The fourth-order valence-electron chi connectivity index (χ4n) is 1.83. The molecular formula is C15H15N3O2. The van der Waals surface area contributed by atoms with Crippen molar-refractivity contribution in [2.75, 3.05) is 7.05 Å². The summed E-state index contributed by atoms with van der Waals surface area (Å²) in [6, 6.07) is 8.99. The predicted molar refractivity (Wildman–Crippen MR) is 77.9 cm³/mol. The summed E-state index contributed by atoms with van der Waals surface area (Å²) in [4.78, 5) is 27.4. The zero-order valence-corrected chi connectivity index (χ0v) is 11.4. The van der Waals surface area contributed by atoms with E-state index in [0.29, 0.717) is 0 Å². The number of hydrogen-bond donors (Lipinski definition) is 0. The molecule has 0 unspecified atom stereocenters. The molecule has 0 N–H and O–H groups in total. The lowest BCUT2D eigenvalue weighted by Gasteiger charge is -2.09. The summed E-state index contributed by atoms with van der Waals surface area (Å²) in [6.07, 6.45) is 3.11. The molecule has 0 saturated carbocycles. The Labute approximate surface area is 116 Å².